The minimum atomic E-state index is -0.0966. The zero-order valence-electron chi connectivity index (χ0n) is 22.1. The highest BCUT2D eigenvalue weighted by Gasteiger charge is 2.29. The molecular weight excluding hydrogens is 525 g/mol. The molecule has 4 aromatic rings. The minimum Gasteiger partial charge on any atom is -0.377 e. The Bertz CT molecular complexity index is 1520. The Morgan fingerprint density at radius 3 is 2.85 bits per heavy atom. The van der Waals surface area contributed by atoms with Crippen molar-refractivity contribution < 1.29 is 4.74 Å². The van der Waals surface area contributed by atoms with Crippen molar-refractivity contribution in [3.63, 3.8) is 0 Å². The van der Waals surface area contributed by atoms with Gasteiger partial charge in [-0.3, -0.25) is 9.78 Å². The average molecular weight is 557 g/mol. The molecule has 0 amide bonds. The predicted molar refractivity (Wildman–Crippen MR) is 159 cm³/mol. The van der Waals surface area contributed by atoms with E-state index in [0.717, 1.165) is 24.2 Å². The maximum absolute atomic E-state index is 12.4. The van der Waals surface area contributed by atoms with Crippen LogP contribution in [0, 0.1) is 6.92 Å². The summed E-state index contributed by atoms with van der Waals surface area (Å²) in [5, 5.41) is 3.74. The molecule has 1 saturated heterocycles. The molecule has 6 nitrogen and oxygen atoms in total. The van der Waals surface area contributed by atoms with Crippen LogP contribution >= 0.6 is 23.5 Å². The lowest BCUT2D eigenvalue weighted by molar-refractivity contribution is 0.0378. The number of H-pyrrole nitrogens is 1. The van der Waals surface area contributed by atoms with Gasteiger partial charge in [0.2, 0.25) is 0 Å². The number of fused-ring (bicyclic) bond motifs is 2. The average Bonchev–Trinajstić information content (AvgIpc) is 2.96. The van der Waals surface area contributed by atoms with Crippen molar-refractivity contribution in [1.82, 2.24) is 9.97 Å². The van der Waals surface area contributed by atoms with Crippen LogP contribution in [-0.2, 0) is 4.74 Å². The standard InChI is InChI=1S/C31H32N4O2S2/c1-3-6-24(23-12-10-20(2)18-33-23)34-21-11-13-27-29(17-21)38-28-9-4-7-22(30(28)39-27)26-19-35(15-16-37-26)25-8-5-14-32-31(25)36/h4-5,7-14,17-18,24,26,34H,3,6,15-16,19H2,1-2H3,(H,32,36). The highest BCUT2D eigenvalue weighted by molar-refractivity contribution is 8.05. The number of aromatic nitrogens is 2. The molecule has 2 aromatic heterocycles. The molecule has 6 rings (SSSR count). The first-order valence-corrected chi connectivity index (χ1v) is 15.1. The third kappa shape index (κ3) is 5.60. The summed E-state index contributed by atoms with van der Waals surface area (Å²) in [4.78, 5) is 27.0. The second kappa shape index (κ2) is 11.5. The number of rotatable bonds is 7. The molecule has 1 fully saturated rings. The van der Waals surface area contributed by atoms with Crippen molar-refractivity contribution in [3.8, 4) is 0 Å². The summed E-state index contributed by atoms with van der Waals surface area (Å²) in [5.74, 6) is 0. The van der Waals surface area contributed by atoms with Crippen LogP contribution < -0.4 is 15.8 Å². The van der Waals surface area contributed by atoms with Crippen LogP contribution in [0.2, 0.25) is 0 Å². The zero-order chi connectivity index (χ0) is 26.8. The van der Waals surface area contributed by atoms with Gasteiger partial charge in [-0.05, 0) is 66.9 Å². The molecule has 0 saturated carbocycles. The Balaban J connectivity index is 1.22. The first kappa shape index (κ1) is 26.0. The maximum atomic E-state index is 12.4. The van der Waals surface area contributed by atoms with E-state index in [4.69, 9.17) is 4.74 Å². The van der Waals surface area contributed by atoms with E-state index in [1.165, 1.54) is 30.7 Å². The van der Waals surface area contributed by atoms with Crippen LogP contribution in [0.1, 0.15) is 48.7 Å². The van der Waals surface area contributed by atoms with Crippen molar-refractivity contribution in [3.05, 3.63) is 100 Å². The minimum absolute atomic E-state index is 0.0594. The highest BCUT2D eigenvalue weighted by atomic mass is 32.2. The number of hydrogen-bond donors (Lipinski definition) is 2. The van der Waals surface area contributed by atoms with Crippen LogP contribution in [0.15, 0.2) is 97.4 Å². The van der Waals surface area contributed by atoms with Crippen molar-refractivity contribution in [2.45, 2.75) is 58.4 Å². The van der Waals surface area contributed by atoms with E-state index in [1.54, 1.807) is 6.20 Å². The Kier molecular flexibility index (Phi) is 7.68. The van der Waals surface area contributed by atoms with Gasteiger partial charge in [0, 0.05) is 50.8 Å². The maximum Gasteiger partial charge on any atom is 0.271 e. The second-order valence-electron chi connectivity index (χ2n) is 9.98. The van der Waals surface area contributed by atoms with E-state index < -0.39 is 0 Å². The van der Waals surface area contributed by atoms with E-state index in [-0.39, 0.29) is 17.7 Å². The number of aromatic amines is 1. The number of morpholine rings is 1. The lowest BCUT2D eigenvalue weighted by atomic mass is 10.1. The number of anilines is 2. The Morgan fingerprint density at radius 2 is 2.03 bits per heavy atom. The molecule has 2 unspecified atom stereocenters. The lowest BCUT2D eigenvalue weighted by Crippen LogP contribution is -2.41. The summed E-state index contributed by atoms with van der Waals surface area (Å²) in [7, 11) is 0. The number of pyridine rings is 2. The van der Waals surface area contributed by atoms with Crippen LogP contribution in [0.5, 0.6) is 0 Å². The summed E-state index contributed by atoms with van der Waals surface area (Å²) in [6.45, 7) is 6.22. The van der Waals surface area contributed by atoms with E-state index in [1.807, 2.05) is 41.9 Å². The molecule has 2 aromatic carbocycles. The lowest BCUT2D eigenvalue weighted by Gasteiger charge is -2.35. The molecule has 200 valence electrons. The summed E-state index contributed by atoms with van der Waals surface area (Å²) in [6.07, 6.45) is 5.63. The van der Waals surface area contributed by atoms with Gasteiger partial charge in [0.25, 0.3) is 5.56 Å². The van der Waals surface area contributed by atoms with E-state index in [9.17, 15) is 4.79 Å². The van der Waals surface area contributed by atoms with Gasteiger partial charge in [-0.15, -0.1) is 0 Å². The zero-order valence-corrected chi connectivity index (χ0v) is 23.8. The number of ether oxygens (including phenoxy) is 1. The summed E-state index contributed by atoms with van der Waals surface area (Å²) < 4.78 is 6.25. The first-order valence-electron chi connectivity index (χ1n) is 13.4. The fourth-order valence-electron chi connectivity index (χ4n) is 5.15. The third-order valence-corrected chi connectivity index (χ3v) is 9.76. The smallest absolute Gasteiger partial charge is 0.271 e. The Labute approximate surface area is 237 Å². The quantitative estimate of drug-likeness (QED) is 0.219. The van der Waals surface area contributed by atoms with Crippen LogP contribution in [0.25, 0.3) is 0 Å². The predicted octanol–water partition coefficient (Wildman–Crippen LogP) is 7.23. The fourth-order valence-corrected chi connectivity index (χ4v) is 7.60. The molecular formula is C31H32N4O2S2. The Hall–Kier alpha value is -3.20. The first-order chi connectivity index (χ1) is 19.1. The normalized spacial score (nSPS) is 17.3. The molecule has 2 aliphatic heterocycles. The van der Waals surface area contributed by atoms with Crippen molar-refractivity contribution in [2.24, 2.45) is 0 Å². The molecule has 0 radical (unpaired) electrons. The number of nitrogens with zero attached hydrogens (tertiary/aromatic N) is 2. The Morgan fingerprint density at radius 1 is 1.10 bits per heavy atom. The van der Waals surface area contributed by atoms with Gasteiger partial charge >= 0.3 is 0 Å². The van der Waals surface area contributed by atoms with Crippen LogP contribution in [0.3, 0.4) is 0 Å². The van der Waals surface area contributed by atoms with E-state index in [2.05, 4.69) is 82.6 Å². The van der Waals surface area contributed by atoms with Gasteiger partial charge in [0.1, 0.15) is 11.8 Å². The summed E-state index contributed by atoms with van der Waals surface area (Å²) in [5.41, 5.74) is 5.19. The van der Waals surface area contributed by atoms with E-state index in [0.29, 0.717) is 25.4 Å². The SMILES string of the molecule is CCCC(Nc1ccc2c(c1)Sc1cccc(C3CN(c4ccc[nH]c4=O)CCO3)c1S2)c1ccc(C)cn1. The molecule has 2 atom stereocenters. The van der Waals surface area contributed by atoms with Gasteiger partial charge in [-0.2, -0.15) is 0 Å². The largest absolute Gasteiger partial charge is 0.377 e. The van der Waals surface area contributed by atoms with E-state index >= 15 is 0 Å². The third-order valence-electron chi connectivity index (χ3n) is 7.15. The molecule has 2 aliphatic rings. The second-order valence-corrected chi connectivity index (χ2v) is 12.1. The van der Waals surface area contributed by atoms with Gasteiger partial charge in [-0.1, -0.05) is 55.1 Å². The topological polar surface area (TPSA) is 70.2 Å². The van der Waals surface area contributed by atoms with Gasteiger partial charge < -0.3 is 19.9 Å². The van der Waals surface area contributed by atoms with Crippen molar-refractivity contribution >= 4 is 34.9 Å². The highest BCUT2D eigenvalue weighted by Crippen LogP contribution is 2.52. The molecule has 4 heterocycles. The van der Waals surface area contributed by atoms with Crippen molar-refractivity contribution in [2.75, 3.05) is 29.9 Å². The van der Waals surface area contributed by atoms with Gasteiger partial charge in [0.05, 0.1) is 18.3 Å². The number of benzene rings is 2. The molecule has 8 heteroatoms. The van der Waals surface area contributed by atoms with Gasteiger partial charge in [-0.25, -0.2) is 0 Å². The molecule has 2 N–H and O–H groups in total. The fraction of sp³-hybridized carbons (Fsp3) is 0.290. The number of nitrogens with one attached hydrogen (secondary N) is 2. The molecule has 0 spiro atoms. The monoisotopic (exact) mass is 556 g/mol. The summed E-state index contributed by atoms with van der Waals surface area (Å²) >= 11 is 3.62. The molecule has 39 heavy (non-hydrogen) atoms. The molecule has 0 aliphatic carbocycles. The number of hydrogen-bond acceptors (Lipinski definition) is 7. The number of aryl methyl sites for hydroxylation is 1. The van der Waals surface area contributed by atoms with Gasteiger partial charge in [0.15, 0.2) is 0 Å². The summed E-state index contributed by atoms with van der Waals surface area (Å²) in [6, 6.07) is 21.3. The molecule has 0 bridgehead atoms. The van der Waals surface area contributed by atoms with Crippen molar-refractivity contribution in [1.29, 1.82) is 0 Å². The van der Waals surface area contributed by atoms with Crippen LogP contribution in [0.4, 0.5) is 11.4 Å². The van der Waals surface area contributed by atoms with Crippen LogP contribution in [-0.4, -0.2) is 29.7 Å².